The monoisotopic (exact) mass is 1390 g/mol. The van der Waals surface area contributed by atoms with E-state index in [9.17, 15) is 43.3 Å². The van der Waals surface area contributed by atoms with Gasteiger partial charge in [0.2, 0.25) is 41.9 Å². The standard InChI is InChI=1S/C18H21N3O3S.2C16H19N3O2S.C9H6ClNO2S.C9H16N2O/c1-12-18-15(7-9-20(18)13(2)22)11-21(12)25(23,24)17-5-3-4-14-10-19-8-6-16(14)17;2*1-11-16-13(5-8-18-16)10-19(11)22(20,21)15-4-2-3-12-9-17-7-6-14(12)15;10-14(12,13)9-3-1-2-7-6-11-5-4-8(7)9;1-6-9-8(5-10-6)3-4-11(9)7(2)12/h3-6,8,10,12,15,18H,7,9,11H2,1-2H3;2*2-4,6-7,9,11,13,16,18H,5,8,10H2,1H3;1-6H;6,8-10H,3-5H2,1-2H3. The molecule has 4 aromatic heterocycles. The smallest absolute Gasteiger partial charge is 0.261 e. The molecule has 504 valence electrons. The molecule has 0 radical (unpaired) electrons. The number of likely N-dealkylation sites (tertiary alicyclic amines) is 2. The van der Waals surface area contributed by atoms with Gasteiger partial charge in [0.25, 0.3) is 9.05 Å². The fraction of sp³-hybridized carbons (Fsp3) is 0.441. The molecule has 8 fully saturated rings. The quantitative estimate of drug-likeness (QED) is 0.131. The highest BCUT2D eigenvalue weighted by Gasteiger charge is 2.52. The first kappa shape index (κ1) is 68.3. The van der Waals surface area contributed by atoms with Gasteiger partial charge >= 0.3 is 0 Å². The molecule has 8 saturated heterocycles. The number of nitrogens with zero attached hydrogens (tertiary/aromatic N) is 9. The first-order valence-electron chi connectivity index (χ1n) is 32.4. The van der Waals surface area contributed by atoms with Gasteiger partial charge in [0, 0.05) is 193 Å². The second kappa shape index (κ2) is 27.7. The first-order chi connectivity index (χ1) is 45.4. The second-order valence-corrected chi connectivity index (χ2v) is 34.2. The lowest BCUT2D eigenvalue weighted by molar-refractivity contribution is -0.130. The van der Waals surface area contributed by atoms with Crippen molar-refractivity contribution in [2.24, 2.45) is 23.7 Å². The van der Waals surface area contributed by atoms with E-state index in [1.165, 1.54) is 18.7 Å². The van der Waals surface area contributed by atoms with Gasteiger partial charge in [-0.15, -0.1) is 0 Å². The second-order valence-electron chi connectivity index (χ2n) is 26.1. The van der Waals surface area contributed by atoms with Crippen LogP contribution in [-0.4, -0.2) is 189 Å². The number of carbonyl (C=O) groups excluding carboxylic acids is 2. The summed E-state index contributed by atoms with van der Waals surface area (Å²) in [5.74, 6) is 2.05. The average Bonchev–Trinajstić information content (AvgIpc) is 1.55. The Morgan fingerprint density at radius 3 is 1.16 bits per heavy atom. The Balaban J connectivity index is 0.000000116. The summed E-state index contributed by atoms with van der Waals surface area (Å²) in [6, 6.07) is 29.1. The zero-order chi connectivity index (χ0) is 67.3. The van der Waals surface area contributed by atoms with Gasteiger partial charge < -0.3 is 25.8 Å². The maximum Gasteiger partial charge on any atom is 0.261 e. The minimum atomic E-state index is -3.68. The number of hydrogen-bond donors (Lipinski definition) is 3. The van der Waals surface area contributed by atoms with E-state index in [4.69, 9.17) is 10.7 Å². The molecule has 4 aromatic carbocycles. The largest absolute Gasteiger partial charge is 0.338 e. The zero-order valence-electron chi connectivity index (χ0n) is 53.9. The summed E-state index contributed by atoms with van der Waals surface area (Å²) >= 11 is 0. The molecule has 12 atom stereocenters. The molecule has 8 aromatic rings. The molecule has 2 amide bonds. The van der Waals surface area contributed by atoms with Crippen molar-refractivity contribution in [3.63, 3.8) is 0 Å². The average molecular weight is 1390 g/mol. The lowest BCUT2D eigenvalue weighted by Gasteiger charge is -2.30. The van der Waals surface area contributed by atoms with Gasteiger partial charge in [0.1, 0.15) is 0 Å². The van der Waals surface area contributed by atoms with Gasteiger partial charge in [0.05, 0.1) is 31.7 Å². The fourth-order valence-corrected chi connectivity index (χ4v) is 23.0. The number of fused-ring (bicyclic) bond motifs is 8. The summed E-state index contributed by atoms with van der Waals surface area (Å²) in [5, 5.41) is 16.3. The number of amides is 2. The van der Waals surface area contributed by atoms with Crippen LogP contribution in [0.5, 0.6) is 0 Å². The normalized spacial score (nSPS) is 27.4. The molecule has 0 spiro atoms. The third kappa shape index (κ3) is 13.3. The molecule has 16 rings (SSSR count). The number of benzene rings is 4. The van der Waals surface area contributed by atoms with Crippen LogP contribution in [0.1, 0.15) is 67.2 Å². The van der Waals surface area contributed by atoms with Gasteiger partial charge in [-0.1, -0.05) is 48.5 Å². The van der Waals surface area contributed by atoms with Gasteiger partial charge in [0.15, 0.2) is 0 Å². The molecule has 22 nitrogen and oxygen atoms in total. The Labute approximate surface area is 560 Å². The Hall–Kier alpha value is -6.69. The van der Waals surface area contributed by atoms with Gasteiger partial charge in [-0.25, -0.2) is 33.7 Å². The lowest BCUT2D eigenvalue weighted by Crippen LogP contribution is -2.45. The first-order valence-corrected chi connectivity index (χ1v) is 39.1. The zero-order valence-corrected chi connectivity index (χ0v) is 57.9. The Bertz CT molecular complexity index is 4520. The highest BCUT2D eigenvalue weighted by Crippen LogP contribution is 2.42. The van der Waals surface area contributed by atoms with E-state index < -0.39 is 39.1 Å². The lowest BCUT2D eigenvalue weighted by atomic mass is 10.0. The Morgan fingerprint density at radius 1 is 0.432 bits per heavy atom. The number of nitrogens with one attached hydrogen (secondary N) is 3. The maximum absolute atomic E-state index is 13.4. The van der Waals surface area contributed by atoms with E-state index in [-0.39, 0.29) is 58.9 Å². The molecule has 8 aliphatic rings. The molecule has 8 aliphatic heterocycles. The molecule has 0 bridgehead atoms. The van der Waals surface area contributed by atoms with Crippen LogP contribution in [0.15, 0.2) is 166 Å². The summed E-state index contributed by atoms with van der Waals surface area (Å²) in [4.78, 5) is 44.3. The van der Waals surface area contributed by atoms with Gasteiger partial charge in [-0.05, 0) is 139 Å². The topological polar surface area (TPSA) is 275 Å². The molecule has 95 heavy (non-hydrogen) atoms. The van der Waals surface area contributed by atoms with E-state index in [1.807, 2.05) is 48.8 Å². The minimum Gasteiger partial charge on any atom is -0.338 e. The molecular formula is C68H81ClN12O10S4. The van der Waals surface area contributed by atoms with Gasteiger partial charge in [-0.3, -0.25) is 29.5 Å². The van der Waals surface area contributed by atoms with Crippen LogP contribution in [0.3, 0.4) is 0 Å². The molecule has 12 heterocycles. The molecule has 12 unspecified atom stereocenters. The molecule has 0 aliphatic carbocycles. The fourth-order valence-electron chi connectivity index (χ4n) is 16.1. The number of hydrogen-bond acceptors (Lipinski definition) is 17. The van der Waals surface area contributed by atoms with Crippen molar-refractivity contribution in [3.05, 3.63) is 147 Å². The van der Waals surface area contributed by atoms with Crippen molar-refractivity contribution in [1.82, 2.24) is 58.6 Å². The number of carbonyl (C=O) groups is 2. The predicted molar refractivity (Wildman–Crippen MR) is 366 cm³/mol. The Kier molecular flexibility index (Phi) is 19.9. The summed E-state index contributed by atoms with van der Waals surface area (Å²) in [6.45, 7) is 17.8. The number of aromatic nitrogens is 4. The Morgan fingerprint density at radius 2 is 0.779 bits per heavy atom. The summed E-state index contributed by atoms with van der Waals surface area (Å²) in [6.07, 6.45) is 17.3. The van der Waals surface area contributed by atoms with Crippen molar-refractivity contribution >= 4 is 105 Å². The predicted octanol–water partition coefficient (Wildman–Crippen LogP) is 7.45. The molecule has 27 heteroatoms. The molecule has 0 saturated carbocycles. The minimum absolute atomic E-state index is 0.00501. The van der Waals surface area contributed by atoms with Crippen LogP contribution in [0.4, 0.5) is 0 Å². The highest BCUT2D eigenvalue weighted by molar-refractivity contribution is 8.14. The van der Waals surface area contributed by atoms with Crippen molar-refractivity contribution in [2.45, 2.75) is 135 Å². The van der Waals surface area contributed by atoms with E-state index in [2.05, 4.69) is 42.8 Å². The molecule has 3 N–H and O–H groups in total. The summed E-state index contributed by atoms with van der Waals surface area (Å²) in [5.41, 5.74) is 0. The van der Waals surface area contributed by atoms with Crippen LogP contribution < -0.4 is 16.0 Å². The SMILES string of the molecule is CC(=O)N1CCC2CN(S(=O)(=O)c3cccc4cnccc34)C(C)C21.CC(=O)N1CCC2CNC(C)C21.CC1C2NCCC2CN1S(=O)(=O)c1cccc2cnccc12.CC1C2NCCC2CN1S(=O)(=O)c1cccc2cnccc12.O=S(=O)(Cl)c1cccc2cnccc12. The van der Waals surface area contributed by atoms with Crippen LogP contribution >= 0.6 is 10.7 Å². The van der Waals surface area contributed by atoms with Gasteiger partial charge in [-0.2, -0.15) is 12.9 Å². The maximum atomic E-state index is 13.4. The van der Waals surface area contributed by atoms with Crippen LogP contribution in [-0.2, 0) is 48.7 Å². The van der Waals surface area contributed by atoms with E-state index in [0.29, 0.717) is 74.9 Å². The number of rotatable bonds is 7. The van der Waals surface area contributed by atoms with Crippen LogP contribution in [0.25, 0.3) is 43.1 Å². The van der Waals surface area contributed by atoms with Crippen molar-refractivity contribution in [1.29, 1.82) is 0 Å². The highest BCUT2D eigenvalue weighted by atomic mass is 35.7. The van der Waals surface area contributed by atoms with E-state index >= 15 is 0 Å². The van der Waals surface area contributed by atoms with E-state index in [1.54, 1.807) is 143 Å². The number of pyridine rings is 4. The molecular weight excluding hydrogens is 1310 g/mol. The van der Waals surface area contributed by atoms with E-state index in [0.717, 1.165) is 84.3 Å². The third-order valence-electron chi connectivity index (χ3n) is 20.7. The van der Waals surface area contributed by atoms with Crippen LogP contribution in [0, 0.1) is 23.7 Å². The number of halogens is 1. The van der Waals surface area contributed by atoms with Crippen molar-refractivity contribution in [3.8, 4) is 0 Å². The van der Waals surface area contributed by atoms with Crippen molar-refractivity contribution < 1.29 is 43.3 Å². The number of sulfonamides is 3. The summed E-state index contributed by atoms with van der Waals surface area (Å²) in [7, 11) is -9.02. The summed E-state index contributed by atoms with van der Waals surface area (Å²) < 4.78 is 107. The third-order valence-corrected chi connectivity index (χ3v) is 28.1. The van der Waals surface area contributed by atoms with Crippen LogP contribution in [0.2, 0.25) is 0 Å². The van der Waals surface area contributed by atoms with Crippen molar-refractivity contribution in [2.75, 3.05) is 52.4 Å².